The zero-order chi connectivity index (χ0) is 17.0. The molecule has 1 amide bonds. The van der Waals surface area contributed by atoms with Crippen molar-refractivity contribution in [3.63, 3.8) is 0 Å². The molecule has 1 fully saturated rings. The summed E-state index contributed by atoms with van der Waals surface area (Å²) in [5.74, 6) is 0.225. The summed E-state index contributed by atoms with van der Waals surface area (Å²) in [5, 5.41) is 0. The molecule has 25 heavy (non-hydrogen) atoms. The van der Waals surface area contributed by atoms with Gasteiger partial charge in [-0.05, 0) is 47.9 Å². The van der Waals surface area contributed by atoms with Crippen LogP contribution in [0.1, 0.15) is 30.9 Å². The Balaban J connectivity index is 0.00000225. The molecular formula is C21H27ClN2O. The summed E-state index contributed by atoms with van der Waals surface area (Å²) in [7, 11) is 0. The lowest BCUT2D eigenvalue weighted by Gasteiger charge is -2.25. The van der Waals surface area contributed by atoms with Gasteiger partial charge in [-0.2, -0.15) is 0 Å². The van der Waals surface area contributed by atoms with Gasteiger partial charge in [-0.1, -0.05) is 49.4 Å². The normalized spacial score (nSPS) is 19.5. The Morgan fingerprint density at radius 1 is 1.08 bits per heavy atom. The van der Waals surface area contributed by atoms with Crippen LogP contribution < -0.4 is 5.73 Å². The number of nitrogens with two attached hydrogens (primary N) is 1. The first-order chi connectivity index (χ1) is 11.5. The SMILES string of the molecule is CC1(CCc2ccccc2)CCN(C(=O)Cc2ccc(N)cc2)C1.Cl. The number of likely N-dealkylation sites (tertiary alicyclic amines) is 1. The number of hydrogen-bond acceptors (Lipinski definition) is 2. The van der Waals surface area contributed by atoms with E-state index < -0.39 is 0 Å². The van der Waals surface area contributed by atoms with Crippen LogP contribution in [0.25, 0.3) is 0 Å². The van der Waals surface area contributed by atoms with E-state index in [-0.39, 0.29) is 23.7 Å². The molecule has 0 saturated carbocycles. The maximum Gasteiger partial charge on any atom is 0.227 e. The summed E-state index contributed by atoms with van der Waals surface area (Å²) in [6.45, 7) is 4.05. The number of halogens is 1. The molecule has 0 aliphatic carbocycles. The molecule has 4 heteroatoms. The molecular weight excluding hydrogens is 332 g/mol. The number of aryl methyl sites for hydroxylation is 1. The highest BCUT2D eigenvalue weighted by Crippen LogP contribution is 2.34. The van der Waals surface area contributed by atoms with E-state index in [0.29, 0.717) is 6.42 Å². The Morgan fingerprint density at radius 2 is 1.76 bits per heavy atom. The topological polar surface area (TPSA) is 46.3 Å². The number of nitrogen functional groups attached to an aromatic ring is 1. The van der Waals surface area contributed by atoms with Crippen molar-refractivity contribution in [3.05, 3.63) is 65.7 Å². The minimum atomic E-state index is 0. The van der Waals surface area contributed by atoms with Crippen LogP contribution in [0.4, 0.5) is 5.69 Å². The van der Waals surface area contributed by atoms with Gasteiger partial charge < -0.3 is 10.6 Å². The Morgan fingerprint density at radius 3 is 2.44 bits per heavy atom. The second-order valence-electron chi connectivity index (χ2n) is 7.28. The first kappa shape index (κ1) is 19.3. The van der Waals surface area contributed by atoms with Gasteiger partial charge in [-0.25, -0.2) is 0 Å². The standard InChI is InChI=1S/C21H26N2O.ClH/c1-21(12-11-17-5-3-2-4-6-17)13-14-23(16-21)20(24)15-18-7-9-19(22)10-8-18;/h2-10H,11-16,22H2,1H3;1H. The van der Waals surface area contributed by atoms with Crippen molar-refractivity contribution in [2.24, 2.45) is 5.41 Å². The monoisotopic (exact) mass is 358 g/mol. The van der Waals surface area contributed by atoms with Gasteiger partial charge in [0.15, 0.2) is 0 Å². The van der Waals surface area contributed by atoms with E-state index in [0.717, 1.165) is 43.6 Å². The van der Waals surface area contributed by atoms with Gasteiger partial charge >= 0.3 is 0 Å². The smallest absolute Gasteiger partial charge is 0.227 e. The lowest BCUT2D eigenvalue weighted by Crippen LogP contribution is -2.32. The third kappa shape index (κ3) is 5.23. The summed E-state index contributed by atoms with van der Waals surface area (Å²) in [6, 6.07) is 18.2. The number of amides is 1. The highest BCUT2D eigenvalue weighted by Gasteiger charge is 2.35. The molecule has 134 valence electrons. The third-order valence-corrected chi connectivity index (χ3v) is 5.11. The van der Waals surface area contributed by atoms with Crippen LogP contribution in [0.3, 0.4) is 0 Å². The number of benzene rings is 2. The summed E-state index contributed by atoms with van der Waals surface area (Å²) < 4.78 is 0. The van der Waals surface area contributed by atoms with Gasteiger partial charge in [0.25, 0.3) is 0 Å². The summed E-state index contributed by atoms with van der Waals surface area (Å²) in [6.07, 6.45) is 3.77. The van der Waals surface area contributed by atoms with Crippen LogP contribution in [0, 0.1) is 5.41 Å². The van der Waals surface area contributed by atoms with E-state index in [1.807, 2.05) is 29.2 Å². The molecule has 1 atom stereocenters. The molecule has 2 aromatic rings. The summed E-state index contributed by atoms with van der Waals surface area (Å²) >= 11 is 0. The van der Waals surface area contributed by atoms with Crippen LogP contribution in [0.5, 0.6) is 0 Å². The molecule has 3 nitrogen and oxygen atoms in total. The van der Waals surface area contributed by atoms with Gasteiger partial charge in [0, 0.05) is 18.8 Å². The van der Waals surface area contributed by atoms with E-state index in [9.17, 15) is 4.79 Å². The van der Waals surface area contributed by atoms with E-state index in [4.69, 9.17) is 5.73 Å². The van der Waals surface area contributed by atoms with Gasteiger partial charge in [-0.15, -0.1) is 12.4 Å². The average molecular weight is 359 g/mol. The Labute approximate surface area is 156 Å². The summed E-state index contributed by atoms with van der Waals surface area (Å²) in [5.41, 5.74) is 9.08. The number of hydrogen-bond donors (Lipinski definition) is 1. The molecule has 1 heterocycles. The van der Waals surface area contributed by atoms with Crippen molar-refractivity contribution in [2.45, 2.75) is 32.6 Å². The van der Waals surface area contributed by atoms with Crippen molar-refractivity contribution in [3.8, 4) is 0 Å². The molecule has 0 bridgehead atoms. The molecule has 1 aliphatic heterocycles. The van der Waals surface area contributed by atoms with Crippen molar-refractivity contribution in [2.75, 3.05) is 18.8 Å². The van der Waals surface area contributed by atoms with E-state index in [1.165, 1.54) is 5.56 Å². The lowest BCUT2D eigenvalue weighted by molar-refractivity contribution is -0.129. The maximum absolute atomic E-state index is 12.6. The molecule has 1 unspecified atom stereocenters. The van der Waals surface area contributed by atoms with Gasteiger partial charge in [0.2, 0.25) is 5.91 Å². The van der Waals surface area contributed by atoms with E-state index in [1.54, 1.807) is 0 Å². The van der Waals surface area contributed by atoms with E-state index in [2.05, 4.69) is 37.3 Å². The first-order valence-corrected chi connectivity index (χ1v) is 8.70. The average Bonchev–Trinajstić information content (AvgIpc) is 2.99. The number of carbonyl (C=O) groups excluding carboxylic acids is 1. The van der Waals surface area contributed by atoms with Crippen LogP contribution >= 0.6 is 12.4 Å². The molecule has 1 aliphatic rings. The Kier molecular flexibility index (Phi) is 6.49. The predicted molar refractivity (Wildman–Crippen MR) is 106 cm³/mol. The van der Waals surface area contributed by atoms with Gasteiger partial charge in [0.1, 0.15) is 0 Å². The molecule has 0 spiro atoms. The maximum atomic E-state index is 12.6. The molecule has 2 aromatic carbocycles. The largest absolute Gasteiger partial charge is 0.399 e. The molecule has 0 radical (unpaired) electrons. The molecule has 0 aromatic heterocycles. The molecule has 1 saturated heterocycles. The van der Waals surface area contributed by atoms with Gasteiger partial charge in [-0.3, -0.25) is 4.79 Å². The van der Waals surface area contributed by atoms with Crippen molar-refractivity contribution >= 4 is 24.0 Å². The van der Waals surface area contributed by atoms with Gasteiger partial charge in [0.05, 0.1) is 6.42 Å². The Bertz CT molecular complexity index is 687. The highest BCUT2D eigenvalue weighted by atomic mass is 35.5. The number of carbonyl (C=O) groups is 1. The van der Waals surface area contributed by atoms with Crippen molar-refractivity contribution in [1.82, 2.24) is 4.90 Å². The highest BCUT2D eigenvalue weighted by molar-refractivity contribution is 5.85. The Hall–Kier alpha value is -2.00. The second kappa shape index (κ2) is 8.39. The zero-order valence-electron chi connectivity index (χ0n) is 14.8. The number of nitrogens with zero attached hydrogens (tertiary/aromatic N) is 1. The first-order valence-electron chi connectivity index (χ1n) is 8.70. The lowest BCUT2D eigenvalue weighted by atomic mass is 9.83. The number of rotatable bonds is 5. The van der Waals surface area contributed by atoms with Crippen LogP contribution in [0.2, 0.25) is 0 Å². The fourth-order valence-electron chi connectivity index (χ4n) is 3.45. The molecule has 3 rings (SSSR count). The number of anilines is 1. The fourth-order valence-corrected chi connectivity index (χ4v) is 3.45. The quantitative estimate of drug-likeness (QED) is 0.818. The van der Waals surface area contributed by atoms with Crippen molar-refractivity contribution in [1.29, 1.82) is 0 Å². The minimum Gasteiger partial charge on any atom is -0.399 e. The minimum absolute atomic E-state index is 0. The second-order valence-corrected chi connectivity index (χ2v) is 7.28. The van der Waals surface area contributed by atoms with Crippen LogP contribution in [0.15, 0.2) is 54.6 Å². The van der Waals surface area contributed by atoms with Crippen LogP contribution in [-0.4, -0.2) is 23.9 Å². The van der Waals surface area contributed by atoms with E-state index >= 15 is 0 Å². The summed E-state index contributed by atoms with van der Waals surface area (Å²) in [4.78, 5) is 14.6. The third-order valence-electron chi connectivity index (χ3n) is 5.11. The van der Waals surface area contributed by atoms with Crippen molar-refractivity contribution < 1.29 is 4.79 Å². The predicted octanol–water partition coefficient (Wildman–Crippen LogP) is 4.10. The fraction of sp³-hybridized carbons (Fsp3) is 0.381. The molecule has 2 N–H and O–H groups in total. The van der Waals surface area contributed by atoms with Crippen LogP contribution in [-0.2, 0) is 17.6 Å². The zero-order valence-corrected chi connectivity index (χ0v) is 15.6.